The lowest BCUT2D eigenvalue weighted by molar-refractivity contribution is -0.135. The molecule has 2 aromatic carbocycles. The molecule has 1 saturated heterocycles. The molecule has 0 spiro atoms. The van der Waals surface area contributed by atoms with Crippen LogP contribution in [0, 0.1) is 5.92 Å². The normalized spacial score (nSPS) is 23.8. The minimum atomic E-state index is -1.02. The van der Waals surface area contributed by atoms with Crippen LogP contribution in [0.2, 0.25) is 5.02 Å². The van der Waals surface area contributed by atoms with Crippen LogP contribution in [0.15, 0.2) is 59.9 Å². The second-order valence-corrected chi connectivity index (χ2v) is 7.52. The zero-order valence-electron chi connectivity index (χ0n) is 14.9. The van der Waals surface area contributed by atoms with Crippen LogP contribution in [-0.4, -0.2) is 45.5 Å². The number of hydrogen-bond donors (Lipinski definition) is 2. The largest absolute Gasteiger partial charge is 0.386 e. The highest BCUT2D eigenvalue weighted by atomic mass is 35.5. The van der Waals surface area contributed by atoms with E-state index in [1.807, 2.05) is 30.5 Å². The number of aliphatic hydroxyl groups excluding tert-OH is 1. The minimum absolute atomic E-state index is 0.163. The Kier molecular flexibility index (Phi) is 4.10. The minimum Gasteiger partial charge on any atom is -0.386 e. The topological polar surface area (TPSA) is 77.9 Å². The van der Waals surface area contributed by atoms with Gasteiger partial charge < -0.3 is 19.8 Å². The molecule has 3 heterocycles. The first kappa shape index (κ1) is 17.3. The number of aromatic amines is 1. The first-order chi connectivity index (χ1) is 13.6. The summed E-state index contributed by atoms with van der Waals surface area (Å²) in [4.78, 5) is 23.2. The molecule has 142 valence electrons. The Labute approximate surface area is 166 Å². The first-order valence-corrected chi connectivity index (χ1v) is 9.54. The second-order valence-electron chi connectivity index (χ2n) is 7.09. The number of likely N-dealkylation sites (tertiary alicyclic amines) is 1. The number of carbonyl (C=O) groups is 1. The summed E-state index contributed by atoms with van der Waals surface area (Å²) in [6.07, 6.45) is 0.896. The standard InChI is InChI=1S/C21H18ClN3O3/c22-14-7-5-12(6-8-14)18-17-19(28-24-18)21(27)25(20(17)26)10-9-13-11-23-16-4-2-1-3-15(13)16/h1-8,11,17,19,21,23,27H,9-10H2/t17-,19+,21+/m1/s1. The number of oxime groups is 1. The van der Waals surface area contributed by atoms with Crippen molar-refractivity contribution in [1.29, 1.82) is 0 Å². The molecule has 7 heteroatoms. The maximum absolute atomic E-state index is 13.0. The third-order valence-corrected chi connectivity index (χ3v) is 5.75. The lowest BCUT2D eigenvalue weighted by Crippen LogP contribution is -2.38. The zero-order chi connectivity index (χ0) is 19.3. The molecule has 5 rings (SSSR count). The molecule has 0 radical (unpaired) electrons. The van der Waals surface area contributed by atoms with Crippen molar-refractivity contribution in [3.8, 4) is 0 Å². The van der Waals surface area contributed by atoms with Gasteiger partial charge in [-0.2, -0.15) is 0 Å². The molecule has 3 aromatic rings. The molecule has 2 aliphatic heterocycles. The van der Waals surface area contributed by atoms with Gasteiger partial charge in [-0.05, 0) is 30.2 Å². The Morgan fingerprint density at radius 1 is 1.18 bits per heavy atom. The highest BCUT2D eigenvalue weighted by Crippen LogP contribution is 2.35. The SMILES string of the molecule is O=C1[C@@H]2C(c3ccc(Cl)cc3)=NO[C@@H]2[C@H](O)N1CCc1c[nH]c2ccccc12. The van der Waals surface area contributed by atoms with Gasteiger partial charge >= 0.3 is 0 Å². The molecule has 28 heavy (non-hydrogen) atoms. The highest BCUT2D eigenvalue weighted by Gasteiger charge is 2.54. The smallest absolute Gasteiger partial charge is 0.238 e. The Morgan fingerprint density at radius 3 is 2.79 bits per heavy atom. The van der Waals surface area contributed by atoms with Gasteiger partial charge in [-0.25, -0.2) is 0 Å². The predicted molar refractivity (Wildman–Crippen MR) is 106 cm³/mol. The van der Waals surface area contributed by atoms with Crippen molar-refractivity contribution in [2.45, 2.75) is 18.8 Å². The molecule has 1 fully saturated rings. The van der Waals surface area contributed by atoms with Gasteiger partial charge in [-0.1, -0.05) is 47.1 Å². The first-order valence-electron chi connectivity index (χ1n) is 9.16. The van der Waals surface area contributed by atoms with E-state index in [4.69, 9.17) is 16.4 Å². The predicted octanol–water partition coefficient (Wildman–Crippen LogP) is 2.94. The van der Waals surface area contributed by atoms with Gasteiger partial charge in [0.1, 0.15) is 11.6 Å². The number of amides is 1. The van der Waals surface area contributed by atoms with E-state index in [9.17, 15) is 9.90 Å². The molecular weight excluding hydrogens is 378 g/mol. The zero-order valence-corrected chi connectivity index (χ0v) is 15.6. The maximum Gasteiger partial charge on any atom is 0.238 e. The van der Waals surface area contributed by atoms with E-state index >= 15 is 0 Å². The van der Waals surface area contributed by atoms with Crippen molar-refractivity contribution < 1.29 is 14.7 Å². The van der Waals surface area contributed by atoms with E-state index in [2.05, 4.69) is 10.1 Å². The van der Waals surface area contributed by atoms with Crippen LogP contribution in [0.3, 0.4) is 0 Å². The number of halogens is 1. The van der Waals surface area contributed by atoms with Crippen molar-refractivity contribution in [1.82, 2.24) is 9.88 Å². The van der Waals surface area contributed by atoms with Gasteiger partial charge in [0.25, 0.3) is 0 Å². The van der Waals surface area contributed by atoms with Gasteiger partial charge in [0, 0.05) is 34.2 Å². The molecular formula is C21H18ClN3O3. The van der Waals surface area contributed by atoms with Crippen LogP contribution in [0.25, 0.3) is 10.9 Å². The average Bonchev–Trinajstić information content (AvgIpc) is 3.38. The van der Waals surface area contributed by atoms with Gasteiger partial charge in [0.05, 0.1) is 0 Å². The lowest BCUT2D eigenvalue weighted by atomic mass is 9.94. The summed E-state index contributed by atoms with van der Waals surface area (Å²) in [7, 11) is 0. The molecule has 0 aliphatic carbocycles. The van der Waals surface area contributed by atoms with Crippen LogP contribution in [-0.2, 0) is 16.1 Å². The van der Waals surface area contributed by atoms with Crippen LogP contribution in [0.5, 0.6) is 0 Å². The van der Waals surface area contributed by atoms with Gasteiger partial charge in [-0.15, -0.1) is 0 Å². The second kappa shape index (κ2) is 6.65. The fourth-order valence-corrected chi connectivity index (χ4v) is 4.16. The Hall–Kier alpha value is -2.83. The molecule has 0 saturated carbocycles. The monoisotopic (exact) mass is 395 g/mol. The van der Waals surface area contributed by atoms with Crippen molar-refractivity contribution in [2.24, 2.45) is 11.1 Å². The Balaban J connectivity index is 1.35. The number of benzene rings is 2. The molecule has 1 amide bonds. The number of aromatic nitrogens is 1. The fraction of sp³-hybridized carbons (Fsp3) is 0.238. The number of H-pyrrole nitrogens is 1. The maximum atomic E-state index is 13.0. The summed E-state index contributed by atoms with van der Waals surface area (Å²) in [5.74, 6) is -0.761. The number of aliphatic hydroxyl groups is 1. The van der Waals surface area contributed by atoms with Crippen molar-refractivity contribution in [3.05, 3.63) is 70.9 Å². The third kappa shape index (κ3) is 2.68. The van der Waals surface area contributed by atoms with Crippen molar-refractivity contribution in [2.75, 3.05) is 6.54 Å². The van der Waals surface area contributed by atoms with Crippen molar-refractivity contribution >= 4 is 34.1 Å². The molecule has 3 atom stereocenters. The van der Waals surface area contributed by atoms with E-state index in [-0.39, 0.29) is 5.91 Å². The van der Waals surface area contributed by atoms with Crippen molar-refractivity contribution in [3.63, 3.8) is 0 Å². The summed E-state index contributed by atoms with van der Waals surface area (Å²) in [5, 5.41) is 16.5. The van der Waals surface area contributed by atoms with Crippen LogP contribution in [0.4, 0.5) is 0 Å². The van der Waals surface area contributed by atoms with Gasteiger partial charge in [-0.3, -0.25) is 4.79 Å². The van der Waals surface area contributed by atoms with Gasteiger partial charge in [0.2, 0.25) is 5.91 Å². The number of fused-ring (bicyclic) bond motifs is 2. The molecule has 0 unspecified atom stereocenters. The van der Waals surface area contributed by atoms with E-state index in [0.717, 1.165) is 22.0 Å². The molecule has 1 aromatic heterocycles. The summed E-state index contributed by atoms with van der Waals surface area (Å²) in [6, 6.07) is 15.1. The lowest BCUT2D eigenvalue weighted by Gasteiger charge is -2.22. The average molecular weight is 396 g/mol. The van der Waals surface area contributed by atoms with E-state index in [0.29, 0.717) is 23.7 Å². The number of nitrogens with one attached hydrogen (secondary N) is 1. The number of para-hydroxylation sites is 1. The van der Waals surface area contributed by atoms with Crippen LogP contribution >= 0.6 is 11.6 Å². The number of rotatable bonds is 4. The molecule has 0 bridgehead atoms. The van der Waals surface area contributed by atoms with Gasteiger partial charge in [0.15, 0.2) is 12.3 Å². The highest BCUT2D eigenvalue weighted by molar-refractivity contribution is 6.30. The Bertz CT molecular complexity index is 1080. The number of carbonyl (C=O) groups excluding carboxylic acids is 1. The molecule has 6 nitrogen and oxygen atoms in total. The molecule has 2 N–H and O–H groups in total. The summed E-state index contributed by atoms with van der Waals surface area (Å²) >= 11 is 5.95. The third-order valence-electron chi connectivity index (χ3n) is 5.50. The quantitative estimate of drug-likeness (QED) is 0.713. The molecule has 2 aliphatic rings. The number of nitrogens with zero attached hydrogens (tertiary/aromatic N) is 2. The van der Waals surface area contributed by atoms with E-state index < -0.39 is 18.2 Å². The van der Waals surface area contributed by atoms with E-state index in [1.54, 1.807) is 24.3 Å². The van der Waals surface area contributed by atoms with Crippen LogP contribution < -0.4 is 0 Å². The van der Waals surface area contributed by atoms with Crippen LogP contribution in [0.1, 0.15) is 11.1 Å². The van der Waals surface area contributed by atoms with E-state index in [1.165, 1.54) is 4.90 Å². The number of hydrogen-bond acceptors (Lipinski definition) is 4. The summed E-state index contributed by atoms with van der Waals surface area (Å²) < 4.78 is 0. The fourth-order valence-electron chi connectivity index (χ4n) is 4.04. The Morgan fingerprint density at radius 2 is 1.96 bits per heavy atom. The summed E-state index contributed by atoms with van der Waals surface area (Å²) in [6.45, 7) is 0.409. The summed E-state index contributed by atoms with van der Waals surface area (Å²) in [5.41, 5.74) is 3.49.